The molecule has 0 aliphatic carbocycles. The second-order valence-corrected chi connectivity index (χ2v) is 3.23. The van der Waals surface area contributed by atoms with Crippen LogP contribution in [-0.4, -0.2) is 31.5 Å². The van der Waals surface area contributed by atoms with E-state index < -0.39 is 5.97 Å². The molecule has 78 valence electrons. The van der Waals surface area contributed by atoms with E-state index >= 15 is 0 Å². The highest BCUT2D eigenvalue weighted by Crippen LogP contribution is 2.11. The van der Waals surface area contributed by atoms with Crippen LogP contribution in [0.25, 0.3) is 0 Å². The van der Waals surface area contributed by atoms with Crippen molar-refractivity contribution in [2.75, 3.05) is 0 Å². The molecule has 0 aliphatic heterocycles. The zero-order valence-electron chi connectivity index (χ0n) is 7.90. The highest BCUT2D eigenvalue weighted by molar-refractivity contribution is 5.70. The van der Waals surface area contributed by atoms with Gasteiger partial charge in [0.1, 0.15) is 0 Å². The molecule has 0 amide bonds. The maximum atomic E-state index is 10.6. The predicted octanol–water partition coefficient (Wildman–Crippen LogP) is 0.351. The maximum Gasteiger partial charge on any atom is 0.309 e. The predicted molar refractivity (Wildman–Crippen MR) is 51.3 cm³/mol. The fraction of sp³-hybridized carbons (Fsp3) is 0.222. The number of rotatable bonds is 4. The molecular formula is C9H10N4O2. The summed E-state index contributed by atoms with van der Waals surface area (Å²) >= 11 is 0. The summed E-state index contributed by atoms with van der Waals surface area (Å²) in [5.74, 6) is -0.868. The van der Waals surface area contributed by atoms with E-state index in [2.05, 4.69) is 20.4 Å². The number of aliphatic carboxylic acids is 1. The molecule has 0 saturated heterocycles. The standard InChI is InChI=1S/C9H10N4O2/c14-9(15)2-8-7(5-12-13-8)1-6-3-10-11-4-6/h3-5H,1-2H2,(H,10,11)(H,12,13)(H,14,15). The first-order valence-corrected chi connectivity index (χ1v) is 4.46. The smallest absolute Gasteiger partial charge is 0.309 e. The Bertz CT molecular complexity index is 446. The van der Waals surface area contributed by atoms with Crippen LogP contribution >= 0.6 is 0 Å². The van der Waals surface area contributed by atoms with Crippen LogP contribution in [-0.2, 0) is 17.6 Å². The Balaban J connectivity index is 2.14. The van der Waals surface area contributed by atoms with Crippen LogP contribution in [0.15, 0.2) is 18.6 Å². The van der Waals surface area contributed by atoms with Crippen LogP contribution in [0, 0.1) is 0 Å². The van der Waals surface area contributed by atoms with Gasteiger partial charge in [-0.05, 0) is 11.1 Å². The van der Waals surface area contributed by atoms with Gasteiger partial charge >= 0.3 is 5.97 Å². The van der Waals surface area contributed by atoms with Gasteiger partial charge in [-0.15, -0.1) is 0 Å². The van der Waals surface area contributed by atoms with Crippen molar-refractivity contribution in [3.8, 4) is 0 Å². The molecule has 6 nitrogen and oxygen atoms in total. The monoisotopic (exact) mass is 206 g/mol. The number of hydrogen-bond donors (Lipinski definition) is 3. The summed E-state index contributed by atoms with van der Waals surface area (Å²) in [5.41, 5.74) is 2.53. The Kier molecular flexibility index (Phi) is 2.49. The summed E-state index contributed by atoms with van der Waals surface area (Å²) in [5, 5.41) is 21.7. The van der Waals surface area contributed by atoms with Gasteiger partial charge in [0.05, 0.1) is 18.8 Å². The van der Waals surface area contributed by atoms with Crippen molar-refractivity contribution in [2.45, 2.75) is 12.8 Å². The van der Waals surface area contributed by atoms with E-state index in [1.54, 1.807) is 18.6 Å². The lowest BCUT2D eigenvalue weighted by Gasteiger charge is -1.97. The van der Waals surface area contributed by atoms with Gasteiger partial charge < -0.3 is 5.11 Å². The summed E-state index contributed by atoms with van der Waals surface area (Å²) in [6.07, 6.45) is 5.73. The second-order valence-electron chi connectivity index (χ2n) is 3.23. The van der Waals surface area contributed by atoms with Gasteiger partial charge in [-0.25, -0.2) is 0 Å². The van der Waals surface area contributed by atoms with Gasteiger partial charge in [0.25, 0.3) is 0 Å². The van der Waals surface area contributed by atoms with Gasteiger partial charge in [-0.3, -0.25) is 15.0 Å². The summed E-state index contributed by atoms with van der Waals surface area (Å²) in [6, 6.07) is 0. The minimum absolute atomic E-state index is 0.0345. The van der Waals surface area contributed by atoms with E-state index in [4.69, 9.17) is 5.11 Å². The molecule has 0 atom stereocenters. The molecule has 0 bridgehead atoms. The molecule has 2 aromatic heterocycles. The third-order valence-electron chi connectivity index (χ3n) is 2.08. The molecule has 0 radical (unpaired) electrons. The van der Waals surface area contributed by atoms with Crippen LogP contribution in [0.5, 0.6) is 0 Å². The average molecular weight is 206 g/mol. The molecule has 2 rings (SSSR count). The summed E-state index contributed by atoms with van der Waals surface area (Å²) < 4.78 is 0. The van der Waals surface area contributed by atoms with Crippen molar-refractivity contribution in [2.24, 2.45) is 0 Å². The number of carbonyl (C=O) groups is 1. The summed E-state index contributed by atoms with van der Waals surface area (Å²) in [6.45, 7) is 0. The molecule has 2 heterocycles. The third-order valence-corrected chi connectivity index (χ3v) is 2.08. The quantitative estimate of drug-likeness (QED) is 0.672. The van der Waals surface area contributed by atoms with Crippen LogP contribution in [0.2, 0.25) is 0 Å². The molecule has 15 heavy (non-hydrogen) atoms. The van der Waals surface area contributed by atoms with Gasteiger partial charge in [-0.1, -0.05) is 0 Å². The average Bonchev–Trinajstić information content (AvgIpc) is 2.78. The Labute approximate surface area is 85.3 Å². The van der Waals surface area contributed by atoms with Crippen LogP contribution in [0.3, 0.4) is 0 Å². The van der Waals surface area contributed by atoms with Gasteiger partial charge in [0.2, 0.25) is 0 Å². The van der Waals surface area contributed by atoms with E-state index in [0.29, 0.717) is 12.1 Å². The lowest BCUT2D eigenvalue weighted by molar-refractivity contribution is -0.136. The number of carboxylic acids is 1. The van der Waals surface area contributed by atoms with E-state index in [9.17, 15) is 4.79 Å². The van der Waals surface area contributed by atoms with E-state index in [-0.39, 0.29) is 6.42 Å². The number of H-pyrrole nitrogens is 2. The molecule has 0 spiro atoms. The number of nitrogens with one attached hydrogen (secondary N) is 2. The van der Waals surface area contributed by atoms with Crippen LogP contribution in [0.4, 0.5) is 0 Å². The van der Waals surface area contributed by atoms with Gasteiger partial charge in [0, 0.05) is 18.3 Å². The molecular weight excluding hydrogens is 196 g/mol. The molecule has 2 aromatic rings. The number of hydrogen-bond acceptors (Lipinski definition) is 3. The Hall–Kier alpha value is -2.11. The van der Waals surface area contributed by atoms with E-state index in [1.165, 1.54) is 0 Å². The van der Waals surface area contributed by atoms with Crippen molar-refractivity contribution < 1.29 is 9.90 Å². The molecule has 0 saturated carbocycles. The van der Waals surface area contributed by atoms with Gasteiger partial charge in [-0.2, -0.15) is 10.2 Å². The van der Waals surface area contributed by atoms with Crippen LogP contribution < -0.4 is 0 Å². The molecule has 0 fully saturated rings. The SMILES string of the molecule is O=C(O)Cc1[nH]ncc1Cc1cn[nH]c1. The van der Waals surface area contributed by atoms with E-state index in [0.717, 1.165) is 11.1 Å². The van der Waals surface area contributed by atoms with Crippen LogP contribution in [0.1, 0.15) is 16.8 Å². The first kappa shape index (κ1) is 9.45. The molecule has 6 heteroatoms. The summed E-state index contributed by atoms with van der Waals surface area (Å²) in [4.78, 5) is 10.6. The minimum Gasteiger partial charge on any atom is -0.481 e. The zero-order valence-corrected chi connectivity index (χ0v) is 7.90. The second kappa shape index (κ2) is 3.95. The van der Waals surface area contributed by atoms with Crippen molar-refractivity contribution in [3.05, 3.63) is 35.4 Å². The number of aromatic amines is 2. The third kappa shape index (κ3) is 2.22. The van der Waals surface area contributed by atoms with Gasteiger partial charge in [0.15, 0.2) is 0 Å². The first-order chi connectivity index (χ1) is 7.25. The highest BCUT2D eigenvalue weighted by atomic mass is 16.4. The summed E-state index contributed by atoms with van der Waals surface area (Å²) in [7, 11) is 0. The maximum absolute atomic E-state index is 10.6. The fourth-order valence-corrected chi connectivity index (χ4v) is 1.39. The molecule has 0 aromatic carbocycles. The largest absolute Gasteiger partial charge is 0.481 e. The Morgan fingerprint density at radius 2 is 2.27 bits per heavy atom. The number of nitrogens with zero attached hydrogens (tertiary/aromatic N) is 2. The fourth-order valence-electron chi connectivity index (χ4n) is 1.39. The van der Waals surface area contributed by atoms with Crippen molar-refractivity contribution in [3.63, 3.8) is 0 Å². The highest BCUT2D eigenvalue weighted by Gasteiger charge is 2.09. The Morgan fingerprint density at radius 1 is 1.40 bits per heavy atom. The molecule has 0 aliphatic rings. The topological polar surface area (TPSA) is 94.7 Å². The number of carboxylic acid groups (broad SMARTS) is 1. The normalized spacial score (nSPS) is 10.4. The molecule has 0 unspecified atom stereocenters. The van der Waals surface area contributed by atoms with E-state index in [1.807, 2.05) is 0 Å². The number of aromatic nitrogens is 4. The lowest BCUT2D eigenvalue weighted by atomic mass is 10.1. The van der Waals surface area contributed by atoms with Crippen molar-refractivity contribution >= 4 is 5.97 Å². The first-order valence-electron chi connectivity index (χ1n) is 4.46. The molecule has 3 N–H and O–H groups in total. The Morgan fingerprint density at radius 3 is 2.93 bits per heavy atom. The lowest BCUT2D eigenvalue weighted by Crippen LogP contribution is -2.03. The van der Waals surface area contributed by atoms with Crippen molar-refractivity contribution in [1.29, 1.82) is 0 Å². The zero-order chi connectivity index (χ0) is 10.7. The minimum atomic E-state index is -0.868. The van der Waals surface area contributed by atoms with Crippen molar-refractivity contribution in [1.82, 2.24) is 20.4 Å².